The van der Waals surface area contributed by atoms with Crippen LogP contribution in [-0.4, -0.2) is 10.9 Å². The van der Waals surface area contributed by atoms with Crippen LogP contribution in [0.2, 0.25) is 0 Å². The normalized spacial score (nSPS) is 45.9. The molecular formula is C20H24O2. The van der Waals surface area contributed by atoms with Crippen LogP contribution in [0.1, 0.15) is 67.3 Å². The molecule has 116 valence electrons. The minimum atomic E-state index is -0.878. The number of hydrogen-bond acceptors (Lipinski definition) is 2. The summed E-state index contributed by atoms with van der Waals surface area (Å²) in [5.74, 6) is 1.55. The van der Waals surface area contributed by atoms with Crippen molar-refractivity contribution in [2.75, 3.05) is 0 Å². The lowest BCUT2D eigenvalue weighted by Gasteiger charge is -2.44. The third-order valence-electron chi connectivity index (χ3n) is 7.51. The Hall–Kier alpha value is -1.15. The van der Waals surface area contributed by atoms with Crippen molar-refractivity contribution in [3.8, 4) is 0 Å². The summed E-state index contributed by atoms with van der Waals surface area (Å²) in [6, 6.07) is 7.93. The van der Waals surface area contributed by atoms with Gasteiger partial charge in [-0.1, -0.05) is 49.9 Å². The first-order chi connectivity index (χ1) is 10.7. The molecule has 4 aliphatic rings. The molecule has 1 aromatic carbocycles. The highest BCUT2D eigenvalue weighted by Gasteiger charge is 2.75. The third kappa shape index (κ3) is 1.23. The number of carbonyl (C=O) groups excluding carboxylic acids is 1. The number of Topliss-reactive ketones (excluding diaryl/α,β-unsaturated/α-hetero) is 1. The first-order valence-corrected chi connectivity index (χ1v) is 9.08. The molecular weight excluding hydrogens is 272 g/mol. The summed E-state index contributed by atoms with van der Waals surface area (Å²) in [5.41, 5.74) is 0.410. The maximum absolute atomic E-state index is 13.4. The minimum absolute atomic E-state index is 0.268. The number of carbonyl (C=O) groups is 1. The van der Waals surface area contributed by atoms with E-state index in [9.17, 15) is 9.90 Å². The Morgan fingerprint density at radius 1 is 0.955 bits per heavy atom. The molecule has 0 aromatic heterocycles. The van der Waals surface area contributed by atoms with Crippen molar-refractivity contribution in [3.63, 3.8) is 0 Å². The van der Waals surface area contributed by atoms with Gasteiger partial charge in [-0.15, -0.1) is 0 Å². The third-order valence-corrected chi connectivity index (χ3v) is 7.51. The van der Waals surface area contributed by atoms with Crippen molar-refractivity contribution < 1.29 is 9.90 Å². The molecule has 2 nitrogen and oxygen atoms in total. The molecule has 5 rings (SSSR count). The Balaban J connectivity index is 1.80. The van der Waals surface area contributed by atoms with Crippen molar-refractivity contribution in [1.29, 1.82) is 0 Å². The van der Waals surface area contributed by atoms with Gasteiger partial charge in [0.2, 0.25) is 0 Å². The maximum Gasteiger partial charge on any atom is 0.172 e. The van der Waals surface area contributed by atoms with Crippen LogP contribution < -0.4 is 0 Å². The van der Waals surface area contributed by atoms with Crippen LogP contribution in [0.3, 0.4) is 0 Å². The van der Waals surface area contributed by atoms with Crippen LogP contribution in [0.15, 0.2) is 24.3 Å². The molecule has 0 radical (unpaired) electrons. The molecule has 0 amide bonds. The lowest BCUT2D eigenvalue weighted by atomic mass is 9.60. The van der Waals surface area contributed by atoms with Gasteiger partial charge < -0.3 is 5.11 Å². The highest BCUT2D eigenvalue weighted by molar-refractivity contribution is 6.07. The highest BCUT2D eigenvalue weighted by atomic mass is 16.3. The largest absolute Gasteiger partial charge is 0.384 e. The SMILES string of the molecule is O=C1c2ccccc2[C@]2(O)[C@@H]3CCCC[C@H]3[C@H]3CCCC[C@]132. The zero-order chi connectivity index (χ0) is 14.9. The van der Waals surface area contributed by atoms with Crippen LogP contribution in [0, 0.1) is 23.2 Å². The fourth-order valence-electron chi connectivity index (χ4n) is 6.89. The molecule has 0 heterocycles. The smallest absolute Gasteiger partial charge is 0.172 e. The van der Waals surface area contributed by atoms with Gasteiger partial charge >= 0.3 is 0 Å². The molecule has 3 fully saturated rings. The van der Waals surface area contributed by atoms with E-state index in [1.165, 1.54) is 25.7 Å². The average molecular weight is 296 g/mol. The molecule has 5 atom stereocenters. The first kappa shape index (κ1) is 13.3. The summed E-state index contributed by atoms with van der Waals surface area (Å²) in [4.78, 5) is 13.4. The lowest BCUT2D eigenvalue weighted by molar-refractivity contribution is -0.0959. The van der Waals surface area contributed by atoms with Gasteiger partial charge in [-0.2, -0.15) is 0 Å². The first-order valence-electron chi connectivity index (χ1n) is 9.08. The van der Waals surface area contributed by atoms with Crippen LogP contribution in [0.5, 0.6) is 0 Å². The van der Waals surface area contributed by atoms with Crippen LogP contribution in [-0.2, 0) is 5.60 Å². The van der Waals surface area contributed by atoms with Crippen molar-refractivity contribution in [2.45, 2.75) is 57.0 Å². The molecule has 1 spiro atoms. The van der Waals surface area contributed by atoms with Gasteiger partial charge in [-0.05, 0) is 49.0 Å². The van der Waals surface area contributed by atoms with E-state index < -0.39 is 11.0 Å². The summed E-state index contributed by atoms with van der Waals surface area (Å²) in [5, 5.41) is 12.0. The second-order valence-corrected chi connectivity index (χ2v) is 8.02. The van der Waals surface area contributed by atoms with Gasteiger partial charge in [0.15, 0.2) is 5.78 Å². The van der Waals surface area contributed by atoms with Gasteiger partial charge in [0.05, 0.1) is 5.41 Å². The van der Waals surface area contributed by atoms with E-state index >= 15 is 0 Å². The molecule has 0 saturated heterocycles. The lowest BCUT2D eigenvalue weighted by Crippen LogP contribution is -2.49. The van der Waals surface area contributed by atoms with Gasteiger partial charge in [0.1, 0.15) is 5.60 Å². The molecule has 0 aliphatic heterocycles. The van der Waals surface area contributed by atoms with E-state index in [2.05, 4.69) is 0 Å². The molecule has 3 saturated carbocycles. The molecule has 4 aliphatic carbocycles. The summed E-state index contributed by atoms with van der Waals surface area (Å²) in [7, 11) is 0. The predicted octanol–water partition coefficient (Wildman–Crippen LogP) is 4.07. The Kier molecular flexibility index (Phi) is 2.56. The van der Waals surface area contributed by atoms with E-state index in [0.29, 0.717) is 17.8 Å². The standard InChI is InChI=1S/C20H24O2/c21-18-14-8-2-4-11-17(14)20(22)16-10-3-1-7-13(16)15-9-5-6-12-19(15,18)20/h2,4,8,11,13,15-16,22H,1,3,5-7,9-10,12H2/t13-,15+,16+,19+,20+/m0/s1. The van der Waals surface area contributed by atoms with Crippen molar-refractivity contribution >= 4 is 5.78 Å². The predicted molar refractivity (Wildman–Crippen MR) is 84.5 cm³/mol. The Labute approximate surface area is 131 Å². The number of aliphatic hydroxyl groups is 1. The van der Waals surface area contributed by atoms with Gasteiger partial charge in [0, 0.05) is 5.56 Å². The number of rotatable bonds is 0. The summed E-state index contributed by atoms with van der Waals surface area (Å²) in [6.45, 7) is 0. The number of fused-ring (bicyclic) bond motifs is 5. The van der Waals surface area contributed by atoms with Crippen molar-refractivity contribution in [3.05, 3.63) is 35.4 Å². The second kappa shape index (κ2) is 4.23. The Morgan fingerprint density at radius 3 is 2.59 bits per heavy atom. The summed E-state index contributed by atoms with van der Waals surface area (Å²) >= 11 is 0. The Morgan fingerprint density at radius 2 is 1.68 bits per heavy atom. The summed E-state index contributed by atoms with van der Waals surface area (Å²) < 4.78 is 0. The van der Waals surface area contributed by atoms with Crippen LogP contribution in [0.25, 0.3) is 0 Å². The van der Waals surface area contributed by atoms with E-state index in [1.54, 1.807) is 0 Å². The number of ketones is 1. The number of benzene rings is 1. The monoisotopic (exact) mass is 296 g/mol. The fraction of sp³-hybridized carbons (Fsp3) is 0.650. The van der Waals surface area contributed by atoms with Crippen molar-refractivity contribution in [1.82, 2.24) is 0 Å². The van der Waals surface area contributed by atoms with Gasteiger partial charge in [-0.25, -0.2) is 0 Å². The zero-order valence-electron chi connectivity index (χ0n) is 13.1. The molecule has 2 heteroatoms. The minimum Gasteiger partial charge on any atom is -0.384 e. The zero-order valence-corrected chi connectivity index (χ0v) is 13.1. The molecule has 0 unspecified atom stereocenters. The topological polar surface area (TPSA) is 37.3 Å². The van der Waals surface area contributed by atoms with Crippen LogP contribution >= 0.6 is 0 Å². The fourth-order valence-corrected chi connectivity index (χ4v) is 6.89. The molecule has 1 N–H and O–H groups in total. The second-order valence-electron chi connectivity index (χ2n) is 8.02. The van der Waals surface area contributed by atoms with E-state index in [0.717, 1.165) is 36.8 Å². The van der Waals surface area contributed by atoms with E-state index in [-0.39, 0.29) is 5.78 Å². The highest BCUT2D eigenvalue weighted by Crippen LogP contribution is 2.73. The average Bonchev–Trinajstić information content (AvgIpc) is 2.92. The molecule has 22 heavy (non-hydrogen) atoms. The van der Waals surface area contributed by atoms with Crippen LogP contribution in [0.4, 0.5) is 0 Å². The van der Waals surface area contributed by atoms with E-state index in [1.807, 2.05) is 24.3 Å². The van der Waals surface area contributed by atoms with Gasteiger partial charge in [0.25, 0.3) is 0 Å². The molecule has 1 aromatic rings. The summed E-state index contributed by atoms with van der Waals surface area (Å²) in [6.07, 6.45) is 9.17. The number of hydrogen-bond donors (Lipinski definition) is 1. The van der Waals surface area contributed by atoms with Crippen molar-refractivity contribution in [2.24, 2.45) is 23.2 Å². The molecule has 0 bridgehead atoms. The quantitative estimate of drug-likeness (QED) is 0.783. The van der Waals surface area contributed by atoms with E-state index in [4.69, 9.17) is 0 Å². The van der Waals surface area contributed by atoms with Gasteiger partial charge in [-0.3, -0.25) is 4.79 Å². The Bertz CT molecular complexity index is 651. The maximum atomic E-state index is 13.4.